The lowest BCUT2D eigenvalue weighted by molar-refractivity contribution is -0.118. The number of nitrogens with zero attached hydrogens (tertiary/aromatic N) is 1. The van der Waals surface area contributed by atoms with Gasteiger partial charge < -0.3 is 19.6 Å². The van der Waals surface area contributed by atoms with E-state index in [0.29, 0.717) is 38.5 Å². The minimum atomic E-state index is -0.676. The van der Waals surface area contributed by atoms with E-state index in [1.807, 2.05) is 6.92 Å². The van der Waals surface area contributed by atoms with Gasteiger partial charge in [0.05, 0.1) is 0 Å². The molecule has 1 aliphatic heterocycles. The average Bonchev–Trinajstić information content (AvgIpc) is 2.37. The number of ether oxygens (including phenoxy) is 2. The highest BCUT2D eigenvalue weighted by atomic mass is 79.9. The number of aromatic hydroxyl groups is 1. The predicted molar refractivity (Wildman–Crippen MR) is 67.6 cm³/mol. The maximum Gasteiger partial charge on any atom is 0.269 e. The fourth-order valence-electron chi connectivity index (χ4n) is 2.09. The van der Waals surface area contributed by atoms with E-state index in [1.165, 1.54) is 0 Å². The van der Waals surface area contributed by atoms with Gasteiger partial charge in [0, 0.05) is 32.7 Å². The molecule has 0 atom stereocenters. The van der Waals surface area contributed by atoms with Crippen LogP contribution >= 0.6 is 15.9 Å². The van der Waals surface area contributed by atoms with Crippen molar-refractivity contribution in [2.45, 2.75) is 25.4 Å². The molecule has 0 spiro atoms. The van der Waals surface area contributed by atoms with Crippen molar-refractivity contribution in [1.29, 1.82) is 0 Å². The first-order valence-electron chi connectivity index (χ1n) is 5.80. The molecule has 18 heavy (non-hydrogen) atoms. The number of halogens is 1. The molecule has 0 amide bonds. The number of aromatic nitrogens is 2. The molecule has 1 aromatic heterocycles. The summed E-state index contributed by atoms with van der Waals surface area (Å²) >= 11 is 2.97. The summed E-state index contributed by atoms with van der Waals surface area (Å²) in [5.74, 6) is 0.0395. The van der Waals surface area contributed by atoms with Crippen molar-refractivity contribution in [3.05, 3.63) is 20.7 Å². The maximum atomic E-state index is 11.7. The van der Waals surface area contributed by atoms with Crippen molar-refractivity contribution in [2.75, 3.05) is 19.8 Å². The molecule has 1 aliphatic rings. The second kappa shape index (κ2) is 5.38. The minimum absolute atomic E-state index is 0.0324. The van der Waals surface area contributed by atoms with Gasteiger partial charge in [-0.1, -0.05) is 0 Å². The molecule has 100 valence electrons. The van der Waals surface area contributed by atoms with Gasteiger partial charge >= 0.3 is 0 Å². The molecule has 7 heteroatoms. The van der Waals surface area contributed by atoms with E-state index in [-0.39, 0.29) is 10.4 Å². The lowest BCUT2D eigenvalue weighted by atomic mass is 9.93. The summed E-state index contributed by atoms with van der Waals surface area (Å²) in [4.78, 5) is 18.3. The highest BCUT2D eigenvalue weighted by Gasteiger charge is 2.38. The number of nitrogens with one attached hydrogen (secondary N) is 1. The minimum Gasteiger partial charge on any atom is -0.492 e. The van der Waals surface area contributed by atoms with Gasteiger partial charge in [-0.25, -0.2) is 0 Å². The second-order valence-electron chi connectivity index (χ2n) is 4.09. The van der Waals surface area contributed by atoms with Crippen LogP contribution in [0.3, 0.4) is 0 Å². The third kappa shape index (κ3) is 2.43. The van der Waals surface area contributed by atoms with Gasteiger partial charge in [-0.05, 0) is 22.9 Å². The molecule has 2 N–H and O–H groups in total. The SMILES string of the molecule is CCOC1(c2nc(O)c(Br)c(=O)[nH]2)CCOCC1. The Morgan fingerprint density at radius 1 is 1.56 bits per heavy atom. The monoisotopic (exact) mass is 318 g/mol. The molecule has 1 saturated heterocycles. The molecule has 0 aromatic carbocycles. The van der Waals surface area contributed by atoms with Gasteiger partial charge in [0.2, 0.25) is 5.88 Å². The molecule has 6 nitrogen and oxygen atoms in total. The highest BCUT2D eigenvalue weighted by molar-refractivity contribution is 9.10. The molecule has 0 saturated carbocycles. The zero-order chi connectivity index (χ0) is 13.2. The Bertz CT molecular complexity index is 477. The fraction of sp³-hybridized carbons (Fsp3) is 0.636. The third-order valence-electron chi connectivity index (χ3n) is 3.00. The van der Waals surface area contributed by atoms with Crippen LogP contribution in [0, 0.1) is 0 Å². The molecule has 2 rings (SSSR count). The smallest absolute Gasteiger partial charge is 0.269 e. The summed E-state index contributed by atoms with van der Waals surface area (Å²) in [6.45, 7) is 3.47. The largest absolute Gasteiger partial charge is 0.492 e. The van der Waals surface area contributed by atoms with Crippen LogP contribution in [0.5, 0.6) is 5.88 Å². The number of hydrogen-bond acceptors (Lipinski definition) is 5. The van der Waals surface area contributed by atoms with Crippen LogP contribution in [-0.2, 0) is 15.1 Å². The standard InChI is InChI=1S/C11H15BrN2O4/c1-2-18-11(3-5-17-6-4-11)10-13-8(15)7(12)9(16)14-10/h2-6H2,1H3,(H2,13,14,15,16). The van der Waals surface area contributed by atoms with Crippen molar-refractivity contribution in [1.82, 2.24) is 9.97 Å². The highest BCUT2D eigenvalue weighted by Crippen LogP contribution is 2.34. The second-order valence-corrected chi connectivity index (χ2v) is 4.88. The molecular weight excluding hydrogens is 304 g/mol. The Hall–Kier alpha value is -0.920. The fourth-order valence-corrected chi connectivity index (χ4v) is 2.28. The Labute approximate surface area is 112 Å². The molecular formula is C11H15BrN2O4. The molecule has 1 aromatic rings. The van der Waals surface area contributed by atoms with Crippen molar-refractivity contribution in [2.24, 2.45) is 0 Å². The van der Waals surface area contributed by atoms with Gasteiger partial charge in [-0.15, -0.1) is 0 Å². The maximum absolute atomic E-state index is 11.7. The van der Waals surface area contributed by atoms with Crippen LogP contribution in [0.4, 0.5) is 0 Å². The summed E-state index contributed by atoms with van der Waals surface area (Å²) in [5.41, 5.74) is -1.09. The third-order valence-corrected chi connectivity index (χ3v) is 3.71. The summed E-state index contributed by atoms with van der Waals surface area (Å²) in [6.07, 6.45) is 1.20. The van der Waals surface area contributed by atoms with Crippen molar-refractivity contribution in [3.8, 4) is 5.88 Å². The van der Waals surface area contributed by atoms with E-state index < -0.39 is 11.2 Å². The molecule has 1 fully saturated rings. The van der Waals surface area contributed by atoms with E-state index in [2.05, 4.69) is 25.9 Å². The molecule has 2 heterocycles. The first kappa shape index (κ1) is 13.5. The normalized spacial score (nSPS) is 18.8. The van der Waals surface area contributed by atoms with E-state index >= 15 is 0 Å². The van der Waals surface area contributed by atoms with Crippen LogP contribution in [0.15, 0.2) is 9.27 Å². The van der Waals surface area contributed by atoms with Crippen molar-refractivity contribution >= 4 is 15.9 Å². The molecule has 0 bridgehead atoms. The lowest BCUT2D eigenvalue weighted by Gasteiger charge is -2.35. The summed E-state index contributed by atoms with van der Waals surface area (Å²) < 4.78 is 11.1. The van der Waals surface area contributed by atoms with Gasteiger partial charge in [0.15, 0.2) is 0 Å². The number of hydrogen-bond donors (Lipinski definition) is 2. The van der Waals surface area contributed by atoms with E-state index in [4.69, 9.17) is 9.47 Å². The lowest BCUT2D eigenvalue weighted by Crippen LogP contribution is -2.39. The van der Waals surface area contributed by atoms with Crippen LogP contribution < -0.4 is 5.56 Å². The van der Waals surface area contributed by atoms with Gasteiger partial charge in [-0.3, -0.25) is 4.79 Å². The van der Waals surface area contributed by atoms with Gasteiger partial charge in [-0.2, -0.15) is 4.98 Å². The molecule has 0 aliphatic carbocycles. The molecule has 0 radical (unpaired) electrons. The zero-order valence-corrected chi connectivity index (χ0v) is 11.6. The molecule has 0 unspecified atom stereocenters. The number of H-pyrrole nitrogens is 1. The van der Waals surface area contributed by atoms with Gasteiger partial charge in [0.25, 0.3) is 5.56 Å². The van der Waals surface area contributed by atoms with E-state index in [0.717, 1.165) is 0 Å². The Balaban J connectivity index is 2.45. The summed E-state index contributed by atoms with van der Waals surface area (Å²) in [5, 5.41) is 9.63. The first-order chi connectivity index (χ1) is 8.59. The predicted octanol–water partition coefficient (Wildman–Crippen LogP) is 1.28. The average molecular weight is 319 g/mol. The topological polar surface area (TPSA) is 84.4 Å². The first-order valence-corrected chi connectivity index (χ1v) is 6.59. The Kier molecular flexibility index (Phi) is 4.04. The summed E-state index contributed by atoms with van der Waals surface area (Å²) in [7, 11) is 0. The Morgan fingerprint density at radius 3 is 2.78 bits per heavy atom. The van der Waals surface area contributed by atoms with Crippen LogP contribution in [0.1, 0.15) is 25.6 Å². The zero-order valence-electron chi connectivity index (χ0n) is 10.0. The van der Waals surface area contributed by atoms with E-state index in [1.54, 1.807) is 0 Å². The number of rotatable bonds is 3. The van der Waals surface area contributed by atoms with Crippen LogP contribution in [0.2, 0.25) is 0 Å². The van der Waals surface area contributed by atoms with Crippen LogP contribution in [0.25, 0.3) is 0 Å². The van der Waals surface area contributed by atoms with E-state index in [9.17, 15) is 9.90 Å². The van der Waals surface area contributed by atoms with Crippen molar-refractivity contribution in [3.63, 3.8) is 0 Å². The van der Waals surface area contributed by atoms with Crippen molar-refractivity contribution < 1.29 is 14.6 Å². The Morgan fingerprint density at radius 2 is 2.22 bits per heavy atom. The quantitative estimate of drug-likeness (QED) is 0.877. The van der Waals surface area contributed by atoms with Crippen LogP contribution in [-0.4, -0.2) is 34.9 Å². The number of aromatic amines is 1. The van der Waals surface area contributed by atoms with Gasteiger partial charge in [0.1, 0.15) is 15.9 Å². The summed E-state index contributed by atoms with van der Waals surface area (Å²) in [6, 6.07) is 0.